The van der Waals surface area contributed by atoms with Crippen LogP contribution in [0.3, 0.4) is 0 Å². The number of nitrogens with zero attached hydrogens (tertiary/aromatic N) is 3. The molecule has 1 aromatic carbocycles. The number of pyridine rings is 1. The minimum atomic E-state index is -0.156. The molecule has 5 nitrogen and oxygen atoms in total. The Bertz CT molecular complexity index is 774. The van der Waals surface area contributed by atoms with E-state index in [1.165, 1.54) is 0 Å². The molecule has 100 valence electrons. The van der Waals surface area contributed by atoms with E-state index in [1.54, 1.807) is 18.3 Å². The number of hydrogen-bond donors (Lipinski definition) is 1. The first-order chi connectivity index (χ1) is 9.63. The van der Waals surface area contributed by atoms with Crippen molar-refractivity contribution in [3.8, 4) is 0 Å². The van der Waals surface area contributed by atoms with Crippen LogP contribution in [-0.2, 0) is 0 Å². The predicted octanol–water partition coefficient (Wildman–Crippen LogP) is 2.60. The molecule has 3 rings (SSSR count). The molecule has 5 heteroatoms. The number of rotatable bonds is 2. The van der Waals surface area contributed by atoms with E-state index in [1.807, 2.05) is 42.5 Å². The van der Waals surface area contributed by atoms with Crippen molar-refractivity contribution in [1.82, 2.24) is 14.6 Å². The number of carbonyl (C=O) groups excluding carboxylic acids is 1. The lowest BCUT2D eigenvalue weighted by Crippen LogP contribution is -2.12. The largest absolute Gasteiger partial charge is 0.322 e. The summed E-state index contributed by atoms with van der Waals surface area (Å²) in [6.45, 7) is 3.87. The SMILES string of the molecule is Cc1ccc(NC(=O)c2ccn3c(C)nnc3c2)cc1. The fourth-order valence-corrected chi connectivity index (χ4v) is 1.99. The zero-order valence-corrected chi connectivity index (χ0v) is 11.3. The minimum absolute atomic E-state index is 0.156. The van der Waals surface area contributed by atoms with Gasteiger partial charge in [-0.15, -0.1) is 10.2 Å². The molecule has 3 aromatic rings. The van der Waals surface area contributed by atoms with Crippen LogP contribution >= 0.6 is 0 Å². The molecule has 20 heavy (non-hydrogen) atoms. The van der Waals surface area contributed by atoms with Crippen LogP contribution in [0.25, 0.3) is 5.65 Å². The Labute approximate surface area is 116 Å². The van der Waals surface area contributed by atoms with Crippen molar-refractivity contribution in [1.29, 1.82) is 0 Å². The number of fused-ring (bicyclic) bond motifs is 1. The van der Waals surface area contributed by atoms with Crippen LogP contribution in [0.1, 0.15) is 21.7 Å². The molecule has 0 aliphatic carbocycles. The molecule has 0 radical (unpaired) electrons. The maximum atomic E-state index is 12.2. The van der Waals surface area contributed by atoms with E-state index in [-0.39, 0.29) is 5.91 Å². The third-order valence-corrected chi connectivity index (χ3v) is 3.15. The van der Waals surface area contributed by atoms with Gasteiger partial charge in [-0.3, -0.25) is 9.20 Å². The van der Waals surface area contributed by atoms with Gasteiger partial charge in [-0.25, -0.2) is 0 Å². The van der Waals surface area contributed by atoms with Gasteiger partial charge in [0, 0.05) is 17.4 Å². The zero-order valence-electron chi connectivity index (χ0n) is 11.3. The Morgan fingerprint density at radius 2 is 1.85 bits per heavy atom. The average molecular weight is 266 g/mol. The van der Waals surface area contributed by atoms with Crippen LogP contribution in [0.15, 0.2) is 42.6 Å². The molecular weight excluding hydrogens is 252 g/mol. The Morgan fingerprint density at radius 3 is 2.60 bits per heavy atom. The van der Waals surface area contributed by atoms with Gasteiger partial charge in [0.25, 0.3) is 5.91 Å². The molecule has 1 amide bonds. The third-order valence-electron chi connectivity index (χ3n) is 3.15. The highest BCUT2D eigenvalue weighted by Crippen LogP contribution is 2.12. The lowest BCUT2D eigenvalue weighted by atomic mass is 10.2. The maximum absolute atomic E-state index is 12.2. The summed E-state index contributed by atoms with van der Waals surface area (Å²) in [7, 11) is 0. The van der Waals surface area contributed by atoms with Crippen LogP contribution in [0.2, 0.25) is 0 Å². The predicted molar refractivity (Wildman–Crippen MR) is 76.9 cm³/mol. The van der Waals surface area contributed by atoms with E-state index in [4.69, 9.17) is 0 Å². The molecule has 0 bridgehead atoms. The molecule has 2 heterocycles. The van der Waals surface area contributed by atoms with Gasteiger partial charge >= 0.3 is 0 Å². The van der Waals surface area contributed by atoms with Crippen LogP contribution in [0, 0.1) is 13.8 Å². The van der Waals surface area contributed by atoms with Crippen molar-refractivity contribution in [3.63, 3.8) is 0 Å². The maximum Gasteiger partial charge on any atom is 0.255 e. The zero-order chi connectivity index (χ0) is 14.1. The number of aryl methyl sites for hydroxylation is 2. The van der Waals surface area contributed by atoms with Crippen molar-refractivity contribution >= 4 is 17.2 Å². The summed E-state index contributed by atoms with van der Waals surface area (Å²) in [4.78, 5) is 12.2. The number of nitrogens with one attached hydrogen (secondary N) is 1. The van der Waals surface area contributed by atoms with Crippen molar-refractivity contribution in [2.75, 3.05) is 5.32 Å². The number of benzene rings is 1. The molecule has 0 saturated heterocycles. The summed E-state index contributed by atoms with van der Waals surface area (Å²) < 4.78 is 1.84. The fraction of sp³-hybridized carbons (Fsp3) is 0.133. The molecule has 0 spiro atoms. The summed E-state index contributed by atoms with van der Waals surface area (Å²) in [5.41, 5.74) is 3.16. The number of anilines is 1. The van der Waals surface area contributed by atoms with E-state index in [2.05, 4.69) is 15.5 Å². The van der Waals surface area contributed by atoms with Gasteiger partial charge in [-0.05, 0) is 38.1 Å². The third kappa shape index (κ3) is 2.25. The normalized spacial score (nSPS) is 10.7. The molecule has 0 unspecified atom stereocenters. The summed E-state index contributed by atoms with van der Waals surface area (Å²) in [6.07, 6.45) is 1.80. The highest BCUT2D eigenvalue weighted by atomic mass is 16.1. The number of amides is 1. The molecule has 0 fully saturated rings. The summed E-state index contributed by atoms with van der Waals surface area (Å²) in [5.74, 6) is 0.641. The van der Waals surface area contributed by atoms with Gasteiger partial charge < -0.3 is 5.32 Å². The molecule has 0 aliphatic rings. The lowest BCUT2D eigenvalue weighted by Gasteiger charge is -2.06. The Kier molecular flexibility index (Phi) is 2.95. The quantitative estimate of drug-likeness (QED) is 0.775. The lowest BCUT2D eigenvalue weighted by molar-refractivity contribution is 0.102. The number of hydrogen-bond acceptors (Lipinski definition) is 3. The van der Waals surface area contributed by atoms with Crippen molar-refractivity contribution < 1.29 is 4.79 Å². The Morgan fingerprint density at radius 1 is 1.10 bits per heavy atom. The van der Waals surface area contributed by atoms with Gasteiger partial charge in [0.15, 0.2) is 5.65 Å². The average Bonchev–Trinajstić information content (AvgIpc) is 2.82. The van der Waals surface area contributed by atoms with Crippen LogP contribution in [0.5, 0.6) is 0 Å². The van der Waals surface area contributed by atoms with E-state index in [0.29, 0.717) is 11.2 Å². The van der Waals surface area contributed by atoms with Gasteiger partial charge in [-0.2, -0.15) is 0 Å². The number of carbonyl (C=O) groups is 1. The summed E-state index contributed by atoms with van der Waals surface area (Å²) >= 11 is 0. The van der Waals surface area contributed by atoms with E-state index in [0.717, 1.165) is 17.1 Å². The highest BCUT2D eigenvalue weighted by Gasteiger charge is 2.09. The first-order valence-corrected chi connectivity index (χ1v) is 6.33. The fourth-order valence-electron chi connectivity index (χ4n) is 1.99. The van der Waals surface area contributed by atoms with Crippen molar-refractivity contribution in [3.05, 3.63) is 59.5 Å². The molecule has 2 aromatic heterocycles. The second-order valence-electron chi connectivity index (χ2n) is 4.71. The second kappa shape index (κ2) is 4.77. The standard InChI is InChI=1S/C15H14N4O/c1-10-3-5-13(6-4-10)16-15(20)12-7-8-19-11(2)17-18-14(19)9-12/h3-9H,1-2H3,(H,16,20). The van der Waals surface area contributed by atoms with Gasteiger partial charge in [0.1, 0.15) is 5.82 Å². The smallest absolute Gasteiger partial charge is 0.255 e. The topological polar surface area (TPSA) is 59.3 Å². The Hall–Kier alpha value is -2.69. The van der Waals surface area contributed by atoms with Crippen LogP contribution in [0.4, 0.5) is 5.69 Å². The van der Waals surface area contributed by atoms with Gasteiger partial charge in [0.05, 0.1) is 0 Å². The minimum Gasteiger partial charge on any atom is -0.322 e. The van der Waals surface area contributed by atoms with E-state index >= 15 is 0 Å². The summed E-state index contributed by atoms with van der Waals surface area (Å²) in [5, 5.41) is 10.8. The molecular formula is C15H14N4O. The molecule has 0 atom stereocenters. The van der Waals surface area contributed by atoms with Gasteiger partial charge in [-0.1, -0.05) is 17.7 Å². The Balaban J connectivity index is 1.86. The summed E-state index contributed by atoms with van der Waals surface area (Å²) in [6, 6.07) is 11.2. The second-order valence-corrected chi connectivity index (χ2v) is 4.71. The first-order valence-electron chi connectivity index (χ1n) is 6.33. The van der Waals surface area contributed by atoms with E-state index in [9.17, 15) is 4.79 Å². The van der Waals surface area contributed by atoms with Crippen LogP contribution in [-0.4, -0.2) is 20.5 Å². The monoisotopic (exact) mass is 266 g/mol. The van der Waals surface area contributed by atoms with Crippen molar-refractivity contribution in [2.24, 2.45) is 0 Å². The first kappa shape index (κ1) is 12.3. The number of aromatic nitrogens is 3. The molecule has 0 saturated carbocycles. The van der Waals surface area contributed by atoms with Crippen LogP contribution < -0.4 is 5.32 Å². The van der Waals surface area contributed by atoms with Gasteiger partial charge in [0.2, 0.25) is 0 Å². The highest BCUT2D eigenvalue weighted by molar-refractivity contribution is 6.04. The molecule has 1 N–H and O–H groups in total. The van der Waals surface area contributed by atoms with E-state index < -0.39 is 0 Å². The molecule has 0 aliphatic heterocycles. The van der Waals surface area contributed by atoms with Crippen molar-refractivity contribution in [2.45, 2.75) is 13.8 Å².